The molecule has 4 rings (SSSR count). The minimum atomic E-state index is -0.757. The minimum Gasteiger partial charge on any atom is -0.448 e. The molecule has 2 heterocycles. The van der Waals surface area contributed by atoms with Crippen molar-refractivity contribution in [2.75, 3.05) is 5.01 Å². The van der Waals surface area contributed by atoms with Gasteiger partial charge in [0.05, 0.1) is 5.69 Å². The Morgan fingerprint density at radius 2 is 1.87 bits per heavy atom. The lowest BCUT2D eigenvalue weighted by atomic mass is 10.1. The van der Waals surface area contributed by atoms with E-state index in [1.807, 2.05) is 62.4 Å². The van der Waals surface area contributed by atoms with Crippen molar-refractivity contribution in [2.24, 2.45) is 5.10 Å². The lowest BCUT2D eigenvalue weighted by Gasteiger charge is -2.24. The van der Waals surface area contributed by atoms with Gasteiger partial charge >= 0.3 is 5.97 Å². The van der Waals surface area contributed by atoms with Crippen LogP contribution < -0.4 is 5.01 Å². The molecule has 0 N–H and O–H groups in total. The number of nitrogens with zero attached hydrogens (tertiary/aromatic N) is 4. The summed E-state index contributed by atoms with van der Waals surface area (Å²) in [5.41, 5.74) is 3.50. The molecule has 0 saturated heterocycles. The van der Waals surface area contributed by atoms with E-state index >= 15 is 0 Å². The smallest absolute Gasteiger partial charge is 0.355 e. The van der Waals surface area contributed by atoms with Crippen LogP contribution in [0.3, 0.4) is 0 Å². The molecule has 0 radical (unpaired) electrons. The van der Waals surface area contributed by atoms with Gasteiger partial charge in [-0.05, 0) is 50.1 Å². The molecule has 2 aromatic carbocycles. The maximum Gasteiger partial charge on any atom is 0.355 e. The Hall–Kier alpha value is -3.81. The van der Waals surface area contributed by atoms with E-state index in [1.165, 1.54) is 5.01 Å². The third kappa shape index (κ3) is 4.37. The predicted molar refractivity (Wildman–Crippen MR) is 114 cm³/mol. The number of amides is 1. The van der Waals surface area contributed by atoms with E-state index < -0.39 is 12.1 Å². The van der Waals surface area contributed by atoms with E-state index in [1.54, 1.807) is 6.92 Å². The van der Waals surface area contributed by atoms with E-state index in [0.29, 0.717) is 11.6 Å². The molecule has 1 aromatic heterocycles. The van der Waals surface area contributed by atoms with E-state index in [2.05, 4.69) is 15.3 Å². The summed E-state index contributed by atoms with van der Waals surface area (Å²) in [4.78, 5) is 25.2. The number of carbonyl (C=O) groups is 2. The Kier molecular flexibility index (Phi) is 5.62. The molecule has 8 heteroatoms. The summed E-state index contributed by atoms with van der Waals surface area (Å²) in [7, 11) is 0. The van der Waals surface area contributed by atoms with Crippen LogP contribution in [0.2, 0.25) is 0 Å². The number of anilines is 1. The van der Waals surface area contributed by atoms with E-state index in [0.717, 1.165) is 16.7 Å². The number of ether oxygens (including phenoxy) is 1. The average molecular weight is 418 g/mol. The van der Waals surface area contributed by atoms with Crippen LogP contribution in [-0.2, 0) is 14.3 Å². The highest BCUT2D eigenvalue weighted by atomic mass is 16.6. The molecule has 0 bridgehead atoms. The molecule has 0 aliphatic carbocycles. The van der Waals surface area contributed by atoms with Gasteiger partial charge in [0.1, 0.15) is 5.71 Å². The third-order valence-corrected chi connectivity index (χ3v) is 4.95. The molecule has 1 aliphatic heterocycles. The van der Waals surface area contributed by atoms with E-state index in [-0.39, 0.29) is 30.4 Å². The van der Waals surface area contributed by atoms with Crippen LogP contribution in [0.25, 0.3) is 11.5 Å². The number of aromatic nitrogens is 2. The van der Waals surface area contributed by atoms with Crippen LogP contribution in [0.1, 0.15) is 42.9 Å². The highest BCUT2D eigenvalue weighted by Gasteiger charge is 2.29. The molecule has 1 atom stereocenters. The van der Waals surface area contributed by atoms with Crippen LogP contribution >= 0.6 is 0 Å². The van der Waals surface area contributed by atoms with Gasteiger partial charge in [0.15, 0.2) is 6.10 Å². The van der Waals surface area contributed by atoms with Crippen molar-refractivity contribution < 1.29 is 18.7 Å². The van der Waals surface area contributed by atoms with Crippen LogP contribution in [0, 0.1) is 13.8 Å². The first-order valence-electron chi connectivity index (χ1n) is 10.00. The Morgan fingerprint density at radius 1 is 1.10 bits per heavy atom. The standard InChI is InChI=1S/C23H22N4O4/c1-14-9-10-15(2)19(13-14)27-20(28)12-11-18(26-27)23(29)30-16(3)21-24-25-22(31-21)17-7-5-4-6-8-17/h4-10,13,16H,11-12H2,1-3H3/t16-/m1/s1. The normalized spacial score (nSPS) is 14.9. The second-order valence-electron chi connectivity index (χ2n) is 7.40. The number of aryl methyl sites for hydroxylation is 2. The number of hydrogen-bond acceptors (Lipinski definition) is 7. The molecular weight excluding hydrogens is 396 g/mol. The quantitative estimate of drug-likeness (QED) is 0.578. The first-order chi connectivity index (χ1) is 14.9. The molecule has 0 saturated carbocycles. The molecule has 158 valence electrons. The van der Waals surface area contributed by atoms with Crippen molar-refractivity contribution in [2.45, 2.75) is 39.7 Å². The summed E-state index contributed by atoms with van der Waals surface area (Å²) >= 11 is 0. The fraction of sp³-hybridized carbons (Fsp3) is 0.261. The molecule has 1 amide bonds. The van der Waals surface area contributed by atoms with E-state index in [9.17, 15) is 9.59 Å². The zero-order valence-corrected chi connectivity index (χ0v) is 17.5. The fourth-order valence-corrected chi connectivity index (χ4v) is 3.21. The topological polar surface area (TPSA) is 97.9 Å². The molecule has 31 heavy (non-hydrogen) atoms. The van der Waals surface area contributed by atoms with Crippen molar-refractivity contribution in [3.05, 3.63) is 65.5 Å². The van der Waals surface area contributed by atoms with Crippen LogP contribution in [0.4, 0.5) is 5.69 Å². The second kappa shape index (κ2) is 8.51. The lowest BCUT2D eigenvalue weighted by Crippen LogP contribution is -2.35. The largest absolute Gasteiger partial charge is 0.448 e. The predicted octanol–water partition coefficient (Wildman–Crippen LogP) is 4.14. The summed E-state index contributed by atoms with van der Waals surface area (Å²) in [6.45, 7) is 5.48. The first kappa shape index (κ1) is 20.5. The van der Waals surface area contributed by atoms with Crippen molar-refractivity contribution in [1.82, 2.24) is 10.2 Å². The number of hydrazone groups is 1. The van der Waals surface area contributed by atoms with Gasteiger partial charge in [-0.2, -0.15) is 10.1 Å². The minimum absolute atomic E-state index is 0.164. The lowest BCUT2D eigenvalue weighted by molar-refractivity contribution is -0.141. The summed E-state index contributed by atoms with van der Waals surface area (Å²) in [5.74, 6) is -0.247. The molecule has 3 aromatic rings. The Labute approximate surface area is 179 Å². The highest BCUT2D eigenvalue weighted by molar-refractivity contribution is 6.38. The van der Waals surface area contributed by atoms with Gasteiger partial charge in [-0.25, -0.2) is 4.79 Å². The second-order valence-corrected chi connectivity index (χ2v) is 7.40. The Balaban J connectivity index is 1.51. The third-order valence-electron chi connectivity index (χ3n) is 4.95. The van der Waals surface area contributed by atoms with Gasteiger partial charge in [0, 0.05) is 18.4 Å². The van der Waals surface area contributed by atoms with Gasteiger partial charge in [-0.15, -0.1) is 10.2 Å². The number of benzene rings is 2. The summed E-state index contributed by atoms with van der Waals surface area (Å²) in [6, 6.07) is 15.1. The van der Waals surface area contributed by atoms with Crippen LogP contribution in [0.5, 0.6) is 0 Å². The SMILES string of the molecule is Cc1ccc(C)c(N2N=C(C(=O)O[C@H](C)c3nnc(-c4ccccc4)o3)CCC2=O)c1. The Bertz CT molecular complexity index is 1150. The molecular formula is C23H22N4O4. The van der Waals surface area contributed by atoms with Gasteiger partial charge in [-0.1, -0.05) is 30.3 Å². The monoisotopic (exact) mass is 418 g/mol. The van der Waals surface area contributed by atoms with Crippen molar-refractivity contribution >= 4 is 23.3 Å². The van der Waals surface area contributed by atoms with Crippen LogP contribution in [-0.4, -0.2) is 27.8 Å². The zero-order chi connectivity index (χ0) is 22.0. The van der Waals surface area contributed by atoms with Gasteiger partial charge in [-0.3, -0.25) is 4.79 Å². The molecule has 0 spiro atoms. The Morgan fingerprint density at radius 3 is 2.65 bits per heavy atom. The maximum atomic E-state index is 12.7. The van der Waals surface area contributed by atoms with Crippen molar-refractivity contribution in [1.29, 1.82) is 0 Å². The van der Waals surface area contributed by atoms with Gasteiger partial charge in [0.2, 0.25) is 11.8 Å². The summed E-state index contributed by atoms with van der Waals surface area (Å²) < 4.78 is 11.1. The number of hydrogen-bond donors (Lipinski definition) is 0. The van der Waals surface area contributed by atoms with E-state index in [4.69, 9.17) is 9.15 Å². The summed E-state index contributed by atoms with van der Waals surface area (Å²) in [6.07, 6.45) is -0.369. The average Bonchev–Trinajstić information content (AvgIpc) is 3.27. The number of esters is 1. The zero-order valence-electron chi connectivity index (χ0n) is 17.5. The number of carbonyl (C=O) groups excluding carboxylic acids is 2. The number of rotatable bonds is 5. The van der Waals surface area contributed by atoms with Crippen molar-refractivity contribution in [3.63, 3.8) is 0 Å². The first-order valence-corrected chi connectivity index (χ1v) is 10.00. The van der Waals surface area contributed by atoms with Crippen LogP contribution in [0.15, 0.2) is 58.0 Å². The van der Waals surface area contributed by atoms with Crippen molar-refractivity contribution in [3.8, 4) is 11.5 Å². The molecule has 0 fully saturated rings. The molecule has 8 nitrogen and oxygen atoms in total. The maximum absolute atomic E-state index is 12.7. The highest BCUT2D eigenvalue weighted by Crippen LogP contribution is 2.27. The van der Waals surface area contributed by atoms with Gasteiger partial charge < -0.3 is 9.15 Å². The summed E-state index contributed by atoms with van der Waals surface area (Å²) in [5, 5.41) is 13.6. The fourth-order valence-electron chi connectivity index (χ4n) is 3.21. The van der Waals surface area contributed by atoms with Gasteiger partial charge in [0.25, 0.3) is 5.89 Å². The molecule has 1 aliphatic rings. The molecule has 0 unspecified atom stereocenters.